The van der Waals surface area contributed by atoms with E-state index >= 15 is 0 Å². The minimum Gasteiger partial charge on any atom is -0.348 e. The number of alkyl halides is 2. The van der Waals surface area contributed by atoms with Crippen LogP contribution in [0.1, 0.15) is 24.0 Å². The minimum atomic E-state index is -0.429. The summed E-state index contributed by atoms with van der Waals surface area (Å²) in [7, 11) is 0. The summed E-state index contributed by atoms with van der Waals surface area (Å²) in [5.74, 6) is 0.900. The van der Waals surface area contributed by atoms with Crippen molar-refractivity contribution >= 4 is 23.2 Å². The zero-order valence-electron chi connectivity index (χ0n) is 14.2. The predicted octanol–water partition coefficient (Wildman–Crippen LogP) is 5.35. The quantitative estimate of drug-likeness (QED) is 0.365. The van der Waals surface area contributed by atoms with Crippen LogP contribution in [0, 0.1) is 0 Å². The molecular formula is C20H24Cl2O3. The summed E-state index contributed by atoms with van der Waals surface area (Å²) < 4.78 is 17.7. The lowest BCUT2D eigenvalue weighted by Gasteiger charge is -2.24. The van der Waals surface area contributed by atoms with Crippen molar-refractivity contribution < 1.29 is 14.2 Å². The Labute approximate surface area is 159 Å². The van der Waals surface area contributed by atoms with E-state index in [4.69, 9.17) is 37.4 Å². The predicted molar refractivity (Wildman–Crippen MR) is 102 cm³/mol. The highest BCUT2D eigenvalue weighted by Gasteiger charge is 2.17. The first-order valence-corrected chi connectivity index (χ1v) is 9.47. The molecule has 0 saturated carbocycles. The summed E-state index contributed by atoms with van der Waals surface area (Å²) in [5.41, 5.74) is 2.18. The Hall–Kier alpha value is -1.10. The lowest BCUT2D eigenvalue weighted by Crippen LogP contribution is -2.27. The van der Waals surface area contributed by atoms with E-state index in [1.807, 2.05) is 60.7 Å². The van der Waals surface area contributed by atoms with Gasteiger partial charge in [-0.2, -0.15) is 0 Å². The van der Waals surface area contributed by atoms with Crippen LogP contribution >= 0.6 is 23.2 Å². The van der Waals surface area contributed by atoms with E-state index in [9.17, 15) is 0 Å². The van der Waals surface area contributed by atoms with Crippen LogP contribution in [-0.4, -0.2) is 24.3 Å². The van der Waals surface area contributed by atoms with E-state index in [0.29, 0.717) is 37.8 Å². The molecule has 0 amide bonds. The van der Waals surface area contributed by atoms with E-state index < -0.39 is 12.6 Å². The molecule has 5 heteroatoms. The van der Waals surface area contributed by atoms with Gasteiger partial charge >= 0.3 is 0 Å². The molecule has 0 aliphatic heterocycles. The smallest absolute Gasteiger partial charge is 0.162 e. The molecule has 0 aliphatic rings. The fourth-order valence-electron chi connectivity index (χ4n) is 2.26. The Bertz CT molecular complexity index is 514. The highest BCUT2D eigenvalue weighted by molar-refractivity contribution is 6.18. The molecule has 0 aromatic heterocycles. The first kappa shape index (κ1) is 20.2. The Morgan fingerprint density at radius 1 is 0.640 bits per heavy atom. The molecule has 0 bridgehead atoms. The first-order chi connectivity index (χ1) is 12.3. The molecule has 25 heavy (non-hydrogen) atoms. The van der Waals surface area contributed by atoms with Crippen LogP contribution in [0.4, 0.5) is 0 Å². The molecule has 3 nitrogen and oxygen atoms in total. The van der Waals surface area contributed by atoms with Crippen LogP contribution in [-0.2, 0) is 27.4 Å². The molecule has 0 heterocycles. The molecule has 136 valence electrons. The van der Waals surface area contributed by atoms with E-state index in [2.05, 4.69) is 0 Å². The van der Waals surface area contributed by atoms with Gasteiger partial charge in [0.05, 0.1) is 13.2 Å². The van der Waals surface area contributed by atoms with Crippen LogP contribution in [0.25, 0.3) is 0 Å². The molecule has 2 aromatic carbocycles. The zero-order chi connectivity index (χ0) is 17.7. The summed E-state index contributed by atoms with van der Waals surface area (Å²) in [6.45, 7) is 0.934. The SMILES string of the molecule is ClCCC(OCc1ccccc1)OC(CCCl)OCc1ccccc1. The fraction of sp³-hybridized carbons (Fsp3) is 0.400. The summed E-state index contributed by atoms with van der Waals surface area (Å²) in [4.78, 5) is 0. The number of hydrogen-bond donors (Lipinski definition) is 0. The largest absolute Gasteiger partial charge is 0.348 e. The van der Waals surface area contributed by atoms with Gasteiger partial charge in [0, 0.05) is 24.6 Å². The number of ether oxygens (including phenoxy) is 3. The van der Waals surface area contributed by atoms with E-state index in [1.165, 1.54) is 0 Å². The minimum absolute atomic E-state index is 0.429. The first-order valence-electron chi connectivity index (χ1n) is 8.40. The number of halogens is 2. The molecule has 2 unspecified atom stereocenters. The van der Waals surface area contributed by atoms with Crippen molar-refractivity contribution in [3.05, 3.63) is 71.8 Å². The van der Waals surface area contributed by atoms with Crippen LogP contribution in [0.3, 0.4) is 0 Å². The van der Waals surface area contributed by atoms with Gasteiger partial charge in [-0.15, -0.1) is 23.2 Å². The van der Waals surface area contributed by atoms with Gasteiger partial charge in [0.1, 0.15) is 0 Å². The van der Waals surface area contributed by atoms with Gasteiger partial charge in [0.2, 0.25) is 0 Å². The molecular weight excluding hydrogens is 359 g/mol. The highest BCUT2D eigenvalue weighted by atomic mass is 35.5. The van der Waals surface area contributed by atoms with Crippen molar-refractivity contribution in [2.45, 2.75) is 38.6 Å². The monoisotopic (exact) mass is 382 g/mol. The summed E-state index contributed by atoms with van der Waals surface area (Å²) in [6.07, 6.45) is 0.312. The summed E-state index contributed by atoms with van der Waals surface area (Å²) in [6, 6.07) is 19.9. The third kappa shape index (κ3) is 8.21. The van der Waals surface area contributed by atoms with Gasteiger partial charge in [-0.25, -0.2) is 0 Å². The molecule has 0 spiro atoms. The molecule has 0 saturated heterocycles. The van der Waals surface area contributed by atoms with E-state index in [0.717, 1.165) is 11.1 Å². The normalized spacial score (nSPS) is 13.5. The van der Waals surface area contributed by atoms with Crippen molar-refractivity contribution in [1.82, 2.24) is 0 Å². The molecule has 2 atom stereocenters. The van der Waals surface area contributed by atoms with E-state index in [-0.39, 0.29) is 0 Å². The topological polar surface area (TPSA) is 27.7 Å². The third-order valence-electron chi connectivity index (χ3n) is 3.55. The molecule has 2 aromatic rings. The highest BCUT2D eigenvalue weighted by Crippen LogP contribution is 2.15. The number of benzene rings is 2. The average molecular weight is 383 g/mol. The Balaban J connectivity index is 1.86. The Morgan fingerprint density at radius 3 is 1.40 bits per heavy atom. The van der Waals surface area contributed by atoms with Crippen LogP contribution in [0.15, 0.2) is 60.7 Å². The second-order valence-corrected chi connectivity index (χ2v) is 6.30. The standard InChI is InChI=1S/C20H24Cl2O3/c21-13-11-19(23-15-17-7-3-1-4-8-17)25-20(12-14-22)24-16-18-9-5-2-6-10-18/h1-10,19-20H,11-16H2. The third-order valence-corrected chi connectivity index (χ3v) is 3.99. The maximum atomic E-state index is 5.96. The lowest BCUT2D eigenvalue weighted by atomic mass is 10.2. The maximum Gasteiger partial charge on any atom is 0.162 e. The summed E-state index contributed by atoms with van der Waals surface area (Å²) >= 11 is 11.8. The molecule has 2 rings (SSSR count). The second-order valence-electron chi connectivity index (χ2n) is 5.54. The molecule has 0 fully saturated rings. The van der Waals surface area contributed by atoms with Crippen LogP contribution in [0.2, 0.25) is 0 Å². The van der Waals surface area contributed by atoms with Gasteiger partial charge in [0.25, 0.3) is 0 Å². The van der Waals surface area contributed by atoms with Crippen molar-refractivity contribution in [2.24, 2.45) is 0 Å². The molecule has 0 N–H and O–H groups in total. The van der Waals surface area contributed by atoms with Crippen LogP contribution in [0.5, 0.6) is 0 Å². The second kappa shape index (κ2) is 12.3. The fourth-order valence-corrected chi connectivity index (χ4v) is 2.61. The average Bonchev–Trinajstić information content (AvgIpc) is 2.66. The van der Waals surface area contributed by atoms with E-state index in [1.54, 1.807) is 0 Å². The maximum absolute atomic E-state index is 5.96. The van der Waals surface area contributed by atoms with Gasteiger partial charge in [0.15, 0.2) is 12.6 Å². The van der Waals surface area contributed by atoms with Crippen molar-refractivity contribution in [3.63, 3.8) is 0 Å². The molecule has 0 aliphatic carbocycles. The Kier molecular flexibility index (Phi) is 9.93. The zero-order valence-corrected chi connectivity index (χ0v) is 15.7. The lowest BCUT2D eigenvalue weighted by molar-refractivity contribution is -0.253. The van der Waals surface area contributed by atoms with Gasteiger partial charge in [-0.05, 0) is 11.1 Å². The number of rotatable bonds is 12. The number of hydrogen-bond acceptors (Lipinski definition) is 3. The van der Waals surface area contributed by atoms with Crippen molar-refractivity contribution in [1.29, 1.82) is 0 Å². The Morgan fingerprint density at radius 2 is 1.04 bits per heavy atom. The summed E-state index contributed by atoms with van der Waals surface area (Å²) in [5, 5.41) is 0. The van der Waals surface area contributed by atoms with Crippen molar-refractivity contribution in [3.8, 4) is 0 Å². The van der Waals surface area contributed by atoms with Gasteiger partial charge in [-0.3, -0.25) is 0 Å². The van der Waals surface area contributed by atoms with Gasteiger partial charge < -0.3 is 14.2 Å². The van der Waals surface area contributed by atoms with Crippen molar-refractivity contribution in [2.75, 3.05) is 11.8 Å². The van der Waals surface area contributed by atoms with Crippen LogP contribution < -0.4 is 0 Å². The molecule has 0 radical (unpaired) electrons. The van der Waals surface area contributed by atoms with Gasteiger partial charge in [-0.1, -0.05) is 60.7 Å².